The van der Waals surface area contributed by atoms with E-state index < -0.39 is 11.9 Å². The van der Waals surface area contributed by atoms with Gasteiger partial charge in [0.05, 0.1) is 11.1 Å². The van der Waals surface area contributed by atoms with Crippen molar-refractivity contribution >= 4 is 17.8 Å². The van der Waals surface area contributed by atoms with Gasteiger partial charge in [0.25, 0.3) is 0 Å². The average molecular weight is 275 g/mol. The van der Waals surface area contributed by atoms with Crippen molar-refractivity contribution in [3.05, 3.63) is 53.7 Å². The average Bonchev–Trinajstić information content (AvgIpc) is 2.49. The molecule has 0 atom stereocenters. The van der Waals surface area contributed by atoms with Crippen LogP contribution in [0.25, 0.3) is 0 Å². The second kappa shape index (κ2) is 7.47. The lowest BCUT2D eigenvalue weighted by atomic mass is 10.1. The molecule has 0 amide bonds. The predicted octanol–water partition coefficient (Wildman–Crippen LogP) is 1.60. The molecule has 1 heterocycles. The van der Waals surface area contributed by atoms with Gasteiger partial charge in [0.2, 0.25) is 0 Å². The van der Waals surface area contributed by atoms with Crippen molar-refractivity contribution in [2.45, 2.75) is 0 Å². The molecule has 0 saturated heterocycles. The lowest BCUT2D eigenvalue weighted by Gasteiger charge is -1.95. The van der Waals surface area contributed by atoms with E-state index >= 15 is 0 Å². The van der Waals surface area contributed by atoms with Crippen molar-refractivity contribution in [3.63, 3.8) is 0 Å². The molecular weight excluding hydrogens is 262 g/mol. The van der Waals surface area contributed by atoms with Crippen molar-refractivity contribution in [1.29, 1.82) is 0 Å². The smallest absolute Gasteiger partial charge is 0.335 e. The molecule has 2 rings (SSSR count). The number of nitrogens with one attached hydrogen (secondary N) is 1. The Kier molecular flexibility index (Phi) is 5.64. The second-order valence-electron chi connectivity index (χ2n) is 3.55. The first-order chi connectivity index (χ1) is 9.54. The van der Waals surface area contributed by atoms with Gasteiger partial charge in [0, 0.05) is 13.2 Å². The van der Waals surface area contributed by atoms with Crippen LogP contribution in [0.3, 0.4) is 0 Å². The molecule has 7 nitrogen and oxygen atoms in total. The molecule has 0 saturated carbocycles. The third kappa shape index (κ3) is 4.73. The van der Waals surface area contributed by atoms with Crippen LogP contribution in [0.5, 0.6) is 0 Å². The molecule has 0 bridgehead atoms. The van der Waals surface area contributed by atoms with Gasteiger partial charge in [-0.3, -0.25) is 0 Å². The topological polar surface area (TPSA) is 112 Å². The summed E-state index contributed by atoms with van der Waals surface area (Å²) < 4.78 is 0. The predicted molar refractivity (Wildman–Crippen MR) is 71.9 cm³/mol. The summed E-state index contributed by atoms with van der Waals surface area (Å²) in [5, 5.41) is 27.2. The minimum absolute atomic E-state index is 0.0186. The van der Waals surface area contributed by atoms with E-state index in [-0.39, 0.29) is 11.1 Å². The van der Waals surface area contributed by atoms with Crippen molar-refractivity contribution in [1.82, 2.24) is 10.2 Å². The first-order valence-electron chi connectivity index (χ1n) is 5.56. The number of nitrogens with zero attached hydrogens (tertiary/aromatic N) is 2. The van der Waals surface area contributed by atoms with E-state index in [1.807, 2.05) is 19.2 Å². The van der Waals surface area contributed by atoms with Crippen LogP contribution in [0.2, 0.25) is 0 Å². The van der Waals surface area contributed by atoms with Crippen LogP contribution in [0.4, 0.5) is 5.82 Å². The number of aromatic nitrogens is 2. The Bertz CT molecular complexity index is 558. The number of hydrogen-bond donors (Lipinski definition) is 3. The third-order valence-corrected chi connectivity index (χ3v) is 2.18. The van der Waals surface area contributed by atoms with Crippen LogP contribution in [-0.2, 0) is 0 Å². The van der Waals surface area contributed by atoms with Gasteiger partial charge in [-0.1, -0.05) is 6.07 Å². The first-order valence-corrected chi connectivity index (χ1v) is 5.56. The molecule has 0 unspecified atom stereocenters. The Morgan fingerprint density at radius 2 is 1.65 bits per heavy atom. The van der Waals surface area contributed by atoms with E-state index in [0.717, 1.165) is 11.9 Å². The minimum atomic E-state index is -1.13. The van der Waals surface area contributed by atoms with Gasteiger partial charge in [-0.05, 0) is 30.3 Å². The van der Waals surface area contributed by atoms with E-state index in [1.165, 1.54) is 18.2 Å². The number of aromatic carboxylic acids is 2. The molecule has 20 heavy (non-hydrogen) atoms. The Morgan fingerprint density at radius 1 is 1.05 bits per heavy atom. The largest absolute Gasteiger partial charge is 0.478 e. The highest BCUT2D eigenvalue weighted by molar-refractivity contribution is 5.93. The Hall–Kier alpha value is -2.96. The van der Waals surface area contributed by atoms with Crippen molar-refractivity contribution in [2.75, 3.05) is 12.4 Å². The van der Waals surface area contributed by atoms with Crippen molar-refractivity contribution < 1.29 is 19.8 Å². The summed E-state index contributed by atoms with van der Waals surface area (Å²) in [4.78, 5) is 20.8. The summed E-state index contributed by atoms with van der Waals surface area (Å²) in [5.41, 5.74) is -0.0372. The molecule has 2 aromatic rings. The standard InChI is InChI=1S/C8H6O4.C5H7N3/c9-7(10)5-2-1-3-6(4-5)8(11)12;1-6-5-3-2-4-7-8-5/h1-4H,(H,9,10)(H,11,12);2-4H,1H3,(H,6,8). The van der Waals surface area contributed by atoms with Gasteiger partial charge in [-0.2, -0.15) is 5.10 Å². The summed E-state index contributed by atoms with van der Waals surface area (Å²) in [7, 11) is 1.81. The quantitative estimate of drug-likeness (QED) is 0.779. The highest BCUT2D eigenvalue weighted by Crippen LogP contribution is 2.04. The highest BCUT2D eigenvalue weighted by Gasteiger charge is 2.06. The number of carboxylic acids is 2. The molecule has 0 aliphatic rings. The first kappa shape index (κ1) is 15.1. The highest BCUT2D eigenvalue weighted by atomic mass is 16.4. The van der Waals surface area contributed by atoms with Gasteiger partial charge in [-0.15, -0.1) is 5.10 Å². The molecule has 0 aliphatic heterocycles. The molecule has 1 aromatic carbocycles. The van der Waals surface area contributed by atoms with E-state index in [9.17, 15) is 9.59 Å². The van der Waals surface area contributed by atoms with Crippen LogP contribution in [0.15, 0.2) is 42.6 Å². The van der Waals surface area contributed by atoms with Crippen molar-refractivity contribution in [2.24, 2.45) is 0 Å². The van der Waals surface area contributed by atoms with Gasteiger partial charge in [0.1, 0.15) is 5.82 Å². The van der Waals surface area contributed by atoms with Crippen LogP contribution in [0, 0.1) is 0 Å². The molecule has 104 valence electrons. The summed E-state index contributed by atoms with van der Waals surface area (Å²) in [6, 6.07) is 8.88. The Morgan fingerprint density at radius 3 is 2.00 bits per heavy atom. The summed E-state index contributed by atoms with van der Waals surface area (Å²) in [6.45, 7) is 0. The van der Waals surface area contributed by atoms with E-state index in [4.69, 9.17) is 10.2 Å². The summed E-state index contributed by atoms with van der Waals surface area (Å²) in [6.07, 6.45) is 1.64. The van der Waals surface area contributed by atoms with Gasteiger partial charge in [0.15, 0.2) is 0 Å². The van der Waals surface area contributed by atoms with Crippen LogP contribution >= 0.6 is 0 Å². The fourth-order valence-corrected chi connectivity index (χ4v) is 1.22. The van der Waals surface area contributed by atoms with E-state index in [0.29, 0.717) is 0 Å². The molecule has 0 radical (unpaired) electrons. The molecule has 1 aromatic heterocycles. The molecule has 0 aliphatic carbocycles. The fourth-order valence-electron chi connectivity index (χ4n) is 1.22. The Balaban J connectivity index is 0.000000217. The number of anilines is 1. The zero-order valence-corrected chi connectivity index (χ0v) is 10.6. The molecular formula is C13H13N3O4. The minimum Gasteiger partial charge on any atom is -0.478 e. The Labute approximate surface area is 114 Å². The zero-order valence-electron chi connectivity index (χ0n) is 10.6. The van der Waals surface area contributed by atoms with Crippen LogP contribution in [-0.4, -0.2) is 39.4 Å². The lowest BCUT2D eigenvalue weighted by Crippen LogP contribution is -2.01. The number of rotatable bonds is 3. The number of carboxylic acid groups (broad SMARTS) is 2. The zero-order chi connectivity index (χ0) is 15.0. The molecule has 7 heteroatoms. The molecule has 0 fully saturated rings. The van der Waals surface area contributed by atoms with Gasteiger partial charge in [-0.25, -0.2) is 9.59 Å². The molecule has 3 N–H and O–H groups in total. The summed E-state index contributed by atoms with van der Waals surface area (Å²) in [5.74, 6) is -1.45. The van der Waals surface area contributed by atoms with Crippen LogP contribution in [0.1, 0.15) is 20.7 Å². The van der Waals surface area contributed by atoms with E-state index in [2.05, 4.69) is 15.5 Å². The fraction of sp³-hybridized carbons (Fsp3) is 0.0769. The van der Waals surface area contributed by atoms with E-state index in [1.54, 1.807) is 6.20 Å². The van der Waals surface area contributed by atoms with Crippen LogP contribution < -0.4 is 5.32 Å². The van der Waals surface area contributed by atoms with Gasteiger partial charge >= 0.3 is 11.9 Å². The maximum absolute atomic E-state index is 10.4. The maximum Gasteiger partial charge on any atom is 0.335 e. The third-order valence-electron chi connectivity index (χ3n) is 2.18. The van der Waals surface area contributed by atoms with Crippen molar-refractivity contribution in [3.8, 4) is 0 Å². The molecule has 0 spiro atoms. The second-order valence-corrected chi connectivity index (χ2v) is 3.55. The SMILES string of the molecule is CNc1cccnn1.O=C(O)c1cccc(C(=O)O)c1. The number of hydrogen-bond acceptors (Lipinski definition) is 5. The maximum atomic E-state index is 10.4. The van der Waals surface area contributed by atoms with Gasteiger partial charge < -0.3 is 15.5 Å². The number of benzene rings is 1. The lowest BCUT2D eigenvalue weighted by molar-refractivity contribution is 0.0696. The summed E-state index contributed by atoms with van der Waals surface area (Å²) >= 11 is 0. The number of carbonyl (C=O) groups is 2. The monoisotopic (exact) mass is 275 g/mol. The normalized spacial score (nSPS) is 9.05.